The Morgan fingerprint density at radius 2 is 1.73 bits per heavy atom. The van der Waals surface area contributed by atoms with Gasteiger partial charge in [-0.3, -0.25) is 4.90 Å². The molecule has 2 aromatic rings. The number of rotatable bonds is 7. The summed E-state index contributed by atoms with van der Waals surface area (Å²) in [5.74, 6) is -2.14. The number of benzene rings is 2. The lowest BCUT2D eigenvalue weighted by Gasteiger charge is -2.36. The van der Waals surface area contributed by atoms with Crippen LogP contribution in [0.5, 0.6) is 5.75 Å². The minimum absolute atomic E-state index is 0.00140. The first-order valence-electron chi connectivity index (χ1n) is 9.85. The van der Waals surface area contributed by atoms with Crippen LogP contribution < -0.4 is 15.4 Å². The molecule has 3 rings (SSSR count). The second-order valence-corrected chi connectivity index (χ2v) is 6.88. The molecule has 1 unspecified atom stereocenters. The van der Waals surface area contributed by atoms with Crippen LogP contribution in [0.25, 0.3) is 0 Å². The summed E-state index contributed by atoms with van der Waals surface area (Å²) in [6.45, 7) is 0.00140. The van der Waals surface area contributed by atoms with E-state index < -0.39 is 17.9 Å². The van der Waals surface area contributed by atoms with E-state index in [4.69, 9.17) is 24.7 Å². The Kier molecular flexibility index (Phi) is 7.33. The summed E-state index contributed by atoms with van der Waals surface area (Å²) in [6, 6.07) is 17.5. The van der Waals surface area contributed by atoms with Gasteiger partial charge in [-0.05, 0) is 17.7 Å². The molecule has 170 valence electrons. The Hall–Kier alpha value is -4.29. The summed E-state index contributed by atoms with van der Waals surface area (Å²) in [6.07, 6.45) is 0. The van der Waals surface area contributed by atoms with Crippen LogP contribution in [0.1, 0.15) is 11.5 Å². The van der Waals surface area contributed by atoms with Gasteiger partial charge in [-0.15, -0.1) is 0 Å². The van der Waals surface area contributed by atoms with Gasteiger partial charge in [-0.1, -0.05) is 36.4 Å². The molecule has 0 fully saturated rings. The smallest absolute Gasteiger partial charge is 0.355 e. The van der Waals surface area contributed by atoms with Crippen LogP contribution in [0.3, 0.4) is 0 Å². The Morgan fingerprint density at radius 3 is 2.33 bits per heavy atom. The maximum Gasteiger partial charge on any atom is 0.355 e. The predicted octanol–water partition coefficient (Wildman–Crippen LogP) is 2.57. The van der Waals surface area contributed by atoms with E-state index >= 15 is 0 Å². The highest BCUT2D eigenvalue weighted by Crippen LogP contribution is 2.43. The zero-order chi connectivity index (χ0) is 24.0. The van der Waals surface area contributed by atoms with E-state index in [0.29, 0.717) is 17.0 Å². The van der Waals surface area contributed by atoms with Gasteiger partial charge in [0.15, 0.2) is 6.79 Å². The lowest BCUT2D eigenvalue weighted by Crippen LogP contribution is -2.40. The average molecular weight is 449 g/mol. The fourth-order valence-electron chi connectivity index (χ4n) is 3.62. The highest BCUT2D eigenvalue weighted by molar-refractivity contribution is 6.06. The molecule has 0 aromatic heterocycles. The van der Waals surface area contributed by atoms with Gasteiger partial charge in [0, 0.05) is 13.2 Å². The van der Waals surface area contributed by atoms with Crippen molar-refractivity contribution >= 4 is 17.6 Å². The lowest BCUT2D eigenvalue weighted by molar-refractivity contribution is -0.139. The molecule has 1 heterocycles. The fourth-order valence-corrected chi connectivity index (χ4v) is 3.62. The number of hydrogen-bond acceptors (Lipinski definition) is 9. The number of nitrogens with zero attached hydrogens (tertiary/aromatic N) is 2. The maximum atomic E-state index is 13.0. The van der Waals surface area contributed by atoms with E-state index in [1.807, 2.05) is 0 Å². The molecule has 9 nitrogen and oxygen atoms in total. The molecule has 0 saturated carbocycles. The zero-order valence-electron chi connectivity index (χ0n) is 18.4. The normalized spacial score (nSPS) is 15.7. The number of allylic oxidation sites excluding steroid dienone is 1. The average Bonchev–Trinajstić information content (AvgIpc) is 2.86. The first-order valence-corrected chi connectivity index (χ1v) is 9.85. The monoisotopic (exact) mass is 449 g/mol. The third-order valence-corrected chi connectivity index (χ3v) is 5.03. The first kappa shape index (κ1) is 23.4. The summed E-state index contributed by atoms with van der Waals surface area (Å²) in [5.41, 5.74) is 7.29. The topological polar surface area (TPSA) is 124 Å². The molecule has 0 spiro atoms. The molecule has 0 saturated heterocycles. The van der Waals surface area contributed by atoms with Gasteiger partial charge in [0.2, 0.25) is 0 Å². The molecule has 1 atom stereocenters. The summed E-state index contributed by atoms with van der Waals surface area (Å²) in [4.78, 5) is 27.3. The predicted molar refractivity (Wildman–Crippen MR) is 118 cm³/mol. The van der Waals surface area contributed by atoms with E-state index in [1.54, 1.807) is 54.6 Å². The number of nitriles is 1. The molecule has 0 aliphatic carbocycles. The minimum Gasteiger partial charge on any atom is -0.467 e. The molecular formula is C24H23N3O6. The van der Waals surface area contributed by atoms with Gasteiger partial charge in [0.25, 0.3) is 0 Å². The SMILES string of the molecule is COCOc1cccc(N2C(N)=C(C#N)C(c3ccccc3)C(C(=O)OC)=C2C(=O)OC)c1. The van der Waals surface area contributed by atoms with E-state index in [0.717, 1.165) is 0 Å². The van der Waals surface area contributed by atoms with Crippen molar-refractivity contribution in [2.45, 2.75) is 5.92 Å². The molecule has 0 radical (unpaired) electrons. The molecule has 33 heavy (non-hydrogen) atoms. The van der Waals surface area contributed by atoms with Crippen LogP contribution in [-0.2, 0) is 23.8 Å². The number of esters is 2. The quantitative estimate of drug-likeness (QED) is 0.501. The van der Waals surface area contributed by atoms with E-state index in [1.165, 1.54) is 26.2 Å². The molecule has 2 N–H and O–H groups in total. The van der Waals surface area contributed by atoms with Crippen molar-refractivity contribution in [2.24, 2.45) is 5.73 Å². The fraction of sp³-hybridized carbons (Fsp3) is 0.208. The second kappa shape index (κ2) is 10.3. The van der Waals surface area contributed by atoms with Crippen LogP contribution in [0, 0.1) is 11.3 Å². The minimum atomic E-state index is -0.929. The van der Waals surface area contributed by atoms with E-state index in [-0.39, 0.29) is 29.5 Å². The standard InChI is InChI=1S/C24H23N3O6/c1-30-14-33-17-11-7-10-16(12-17)27-21(24(29)32-3)20(23(28)31-2)19(18(13-25)22(27)26)15-8-5-4-6-9-15/h4-12,19H,14,26H2,1-3H3. The van der Waals surface area contributed by atoms with E-state index in [9.17, 15) is 14.9 Å². The van der Waals surface area contributed by atoms with Gasteiger partial charge < -0.3 is 24.7 Å². The van der Waals surface area contributed by atoms with Gasteiger partial charge in [-0.2, -0.15) is 5.26 Å². The van der Waals surface area contributed by atoms with Crippen LogP contribution in [0.15, 0.2) is 77.3 Å². The van der Waals surface area contributed by atoms with Crippen molar-refractivity contribution in [1.82, 2.24) is 0 Å². The van der Waals surface area contributed by atoms with Crippen molar-refractivity contribution < 1.29 is 28.5 Å². The van der Waals surface area contributed by atoms with Crippen molar-refractivity contribution in [1.29, 1.82) is 5.26 Å². The number of carbonyl (C=O) groups excluding carboxylic acids is 2. The van der Waals surface area contributed by atoms with Crippen molar-refractivity contribution in [3.8, 4) is 11.8 Å². The van der Waals surface area contributed by atoms with Gasteiger partial charge in [-0.25, -0.2) is 9.59 Å². The molecule has 2 aromatic carbocycles. The van der Waals surface area contributed by atoms with Crippen molar-refractivity contribution in [3.05, 3.63) is 82.8 Å². The molecule has 9 heteroatoms. The largest absolute Gasteiger partial charge is 0.467 e. The number of carbonyl (C=O) groups is 2. The zero-order valence-corrected chi connectivity index (χ0v) is 18.4. The van der Waals surface area contributed by atoms with Gasteiger partial charge in [0.1, 0.15) is 17.3 Å². The number of nitrogens with two attached hydrogens (primary N) is 1. The molecular weight excluding hydrogens is 426 g/mol. The molecule has 0 bridgehead atoms. The third kappa shape index (κ3) is 4.51. The highest BCUT2D eigenvalue weighted by atomic mass is 16.7. The highest BCUT2D eigenvalue weighted by Gasteiger charge is 2.43. The van der Waals surface area contributed by atoms with Crippen LogP contribution in [-0.4, -0.2) is 40.1 Å². The Bertz CT molecular complexity index is 1150. The van der Waals surface area contributed by atoms with Crippen LogP contribution in [0.2, 0.25) is 0 Å². The number of anilines is 1. The summed E-state index contributed by atoms with van der Waals surface area (Å²) in [7, 11) is 3.88. The molecule has 0 amide bonds. The maximum absolute atomic E-state index is 13.0. The van der Waals surface area contributed by atoms with Crippen LogP contribution in [0.4, 0.5) is 5.69 Å². The summed E-state index contributed by atoms with van der Waals surface area (Å²) >= 11 is 0. The van der Waals surface area contributed by atoms with Crippen LogP contribution >= 0.6 is 0 Å². The van der Waals surface area contributed by atoms with Crippen molar-refractivity contribution in [3.63, 3.8) is 0 Å². The Balaban J connectivity index is 2.33. The summed E-state index contributed by atoms with van der Waals surface area (Å²) < 4.78 is 20.4. The van der Waals surface area contributed by atoms with Gasteiger partial charge >= 0.3 is 11.9 Å². The number of hydrogen-bond donors (Lipinski definition) is 1. The number of ether oxygens (including phenoxy) is 4. The Labute approximate surface area is 191 Å². The first-order chi connectivity index (χ1) is 16.0. The van der Waals surface area contributed by atoms with E-state index in [2.05, 4.69) is 6.07 Å². The number of methoxy groups -OCH3 is 3. The lowest BCUT2D eigenvalue weighted by atomic mass is 9.81. The summed E-state index contributed by atoms with van der Waals surface area (Å²) in [5, 5.41) is 10.0. The molecule has 1 aliphatic heterocycles. The van der Waals surface area contributed by atoms with Crippen molar-refractivity contribution in [2.75, 3.05) is 33.0 Å². The third-order valence-electron chi connectivity index (χ3n) is 5.03. The Morgan fingerprint density at radius 1 is 1.03 bits per heavy atom. The van der Waals surface area contributed by atoms with Gasteiger partial charge in [0.05, 0.1) is 43.0 Å². The molecule has 1 aliphatic rings. The second-order valence-electron chi connectivity index (χ2n) is 6.88.